The summed E-state index contributed by atoms with van der Waals surface area (Å²) in [5.41, 5.74) is 0.715. The van der Waals surface area contributed by atoms with E-state index in [9.17, 15) is 9.18 Å². The Hall–Kier alpha value is -0.980. The SMILES string of the molecule is O=C(NCc1cc(F)cc(Br)c1)C1COCCN1. The van der Waals surface area contributed by atoms with E-state index in [0.29, 0.717) is 36.3 Å². The van der Waals surface area contributed by atoms with Gasteiger partial charge in [-0.25, -0.2) is 4.39 Å². The van der Waals surface area contributed by atoms with Crippen LogP contribution in [0.5, 0.6) is 0 Å². The normalized spacial score (nSPS) is 19.6. The Morgan fingerprint density at radius 1 is 1.56 bits per heavy atom. The highest BCUT2D eigenvalue weighted by Crippen LogP contribution is 2.14. The lowest BCUT2D eigenvalue weighted by Crippen LogP contribution is -2.51. The second kappa shape index (κ2) is 6.26. The maximum Gasteiger partial charge on any atom is 0.239 e. The Morgan fingerprint density at radius 2 is 2.39 bits per heavy atom. The fourth-order valence-electron chi connectivity index (χ4n) is 1.76. The first-order chi connectivity index (χ1) is 8.65. The van der Waals surface area contributed by atoms with Gasteiger partial charge in [-0.2, -0.15) is 0 Å². The maximum atomic E-state index is 13.1. The van der Waals surface area contributed by atoms with Gasteiger partial charge in [0, 0.05) is 17.6 Å². The number of halogens is 2. The van der Waals surface area contributed by atoms with Gasteiger partial charge in [0.15, 0.2) is 0 Å². The standard InChI is InChI=1S/C12H14BrFN2O2/c13-9-3-8(4-10(14)5-9)6-16-12(17)11-7-18-2-1-15-11/h3-5,11,15H,1-2,6-7H2,(H,16,17). The molecular formula is C12H14BrFN2O2. The van der Waals surface area contributed by atoms with E-state index in [1.807, 2.05) is 0 Å². The van der Waals surface area contributed by atoms with Crippen molar-refractivity contribution in [3.63, 3.8) is 0 Å². The third-order valence-corrected chi connectivity index (χ3v) is 3.09. The third-order valence-electron chi connectivity index (χ3n) is 2.63. The Balaban J connectivity index is 1.88. The Kier molecular flexibility index (Phi) is 4.68. The molecule has 1 amide bonds. The van der Waals surface area contributed by atoms with Crippen molar-refractivity contribution in [3.8, 4) is 0 Å². The predicted octanol–water partition coefficient (Wildman–Crippen LogP) is 1.19. The Morgan fingerprint density at radius 3 is 3.06 bits per heavy atom. The molecule has 1 aromatic carbocycles. The predicted molar refractivity (Wildman–Crippen MR) is 68.6 cm³/mol. The smallest absolute Gasteiger partial charge is 0.239 e. The van der Waals surface area contributed by atoms with Crippen LogP contribution in [0.15, 0.2) is 22.7 Å². The first kappa shape index (κ1) is 13.5. The van der Waals surface area contributed by atoms with Crippen molar-refractivity contribution in [3.05, 3.63) is 34.1 Å². The highest BCUT2D eigenvalue weighted by atomic mass is 79.9. The van der Waals surface area contributed by atoms with E-state index in [1.54, 1.807) is 6.07 Å². The summed E-state index contributed by atoms with van der Waals surface area (Å²) in [6.45, 7) is 1.97. The molecule has 0 radical (unpaired) electrons. The second-order valence-electron chi connectivity index (χ2n) is 4.08. The summed E-state index contributed by atoms with van der Waals surface area (Å²) in [5, 5.41) is 5.81. The van der Waals surface area contributed by atoms with Crippen molar-refractivity contribution in [2.24, 2.45) is 0 Å². The van der Waals surface area contributed by atoms with Crippen molar-refractivity contribution in [1.29, 1.82) is 0 Å². The molecule has 0 bridgehead atoms. The fraction of sp³-hybridized carbons (Fsp3) is 0.417. The van der Waals surface area contributed by atoms with Crippen LogP contribution in [0.4, 0.5) is 4.39 Å². The van der Waals surface area contributed by atoms with E-state index in [0.717, 1.165) is 0 Å². The molecule has 4 nitrogen and oxygen atoms in total. The van der Waals surface area contributed by atoms with Crippen LogP contribution in [0.1, 0.15) is 5.56 Å². The molecule has 1 saturated heterocycles. The van der Waals surface area contributed by atoms with Crippen molar-refractivity contribution < 1.29 is 13.9 Å². The van der Waals surface area contributed by atoms with Gasteiger partial charge in [0.1, 0.15) is 11.9 Å². The largest absolute Gasteiger partial charge is 0.378 e. The van der Waals surface area contributed by atoms with Gasteiger partial charge >= 0.3 is 0 Å². The molecule has 2 N–H and O–H groups in total. The molecule has 1 aliphatic rings. The highest BCUT2D eigenvalue weighted by Gasteiger charge is 2.20. The van der Waals surface area contributed by atoms with E-state index in [1.165, 1.54) is 12.1 Å². The van der Waals surface area contributed by atoms with Gasteiger partial charge in [-0.05, 0) is 23.8 Å². The van der Waals surface area contributed by atoms with Crippen molar-refractivity contribution >= 4 is 21.8 Å². The number of carbonyl (C=O) groups excluding carboxylic acids is 1. The van der Waals surface area contributed by atoms with Crippen LogP contribution < -0.4 is 10.6 Å². The summed E-state index contributed by atoms with van der Waals surface area (Å²) in [7, 11) is 0. The maximum absolute atomic E-state index is 13.1. The lowest BCUT2D eigenvalue weighted by molar-refractivity contribution is -0.126. The minimum Gasteiger partial charge on any atom is -0.378 e. The lowest BCUT2D eigenvalue weighted by Gasteiger charge is -2.22. The summed E-state index contributed by atoms with van der Waals surface area (Å²) in [6.07, 6.45) is 0. The quantitative estimate of drug-likeness (QED) is 0.881. The first-order valence-electron chi connectivity index (χ1n) is 5.69. The van der Waals surface area contributed by atoms with E-state index in [-0.39, 0.29) is 17.8 Å². The van der Waals surface area contributed by atoms with Gasteiger partial charge < -0.3 is 15.4 Å². The summed E-state index contributed by atoms with van der Waals surface area (Å²) < 4.78 is 19.0. The molecular weight excluding hydrogens is 303 g/mol. The van der Waals surface area contributed by atoms with E-state index < -0.39 is 0 Å². The van der Waals surface area contributed by atoms with Gasteiger partial charge in [0.25, 0.3) is 0 Å². The Labute approximate surface area is 113 Å². The van der Waals surface area contributed by atoms with E-state index in [2.05, 4.69) is 26.6 Å². The van der Waals surface area contributed by atoms with Gasteiger partial charge in [-0.15, -0.1) is 0 Å². The van der Waals surface area contributed by atoms with Crippen molar-refractivity contribution in [2.75, 3.05) is 19.8 Å². The minimum absolute atomic E-state index is 0.130. The average molecular weight is 317 g/mol. The number of ether oxygens (including phenoxy) is 1. The minimum atomic E-state index is -0.326. The van der Waals surface area contributed by atoms with Crippen LogP contribution in [0.3, 0.4) is 0 Å². The first-order valence-corrected chi connectivity index (χ1v) is 6.48. The van der Waals surface area contributed by atoms with Crippen LogP contribution in [0, 0.1) is 5.82 Å². The van der Waals surface area contributed by atoms with Crippen LogP contribution in [-0.4, -0.2) is 31.7 Å². The summed E-state index contributed by atoms with van der Waals surface area (Å²) in [5.74, 6) is -0.456. The number of rotatable bonds is 3. The average Bonchev–Trinajstić information content (AvgIpc) is 2.36. The van der Waals surface area contributed by atoms with Crippen molar-refractivity contribution in [1.82, 2.24) is 10.6 Å². The molecule has 1 unspecified atom stereocenters. The summed E-state index contributed by atoms with van der Waals surface area (Å²) in [4.78, 5) is 11.8. The zero-order valence-corrected chi connectivity index (χ0v) is 11.3. The van der Waals surface area contributed by atoms with Gasteiger partial charge in [-0.1, -0.05) is 15.9 Å². The molecule has 0 aliphatic carbocycles. The van der Waals surface area contributed by atoms with E-state index >= 15 is 0 Å². The van der Waals surface area contributed by atoms with Gasteiger partial charge in [0.05, 0.1) is 13.2 Å². The van der Waals surface area contributed by atoms with Crippen LogP contribution in [0.2, 0.25) is 0 Å². The second-order valence-corrected chi connectivity index (χ2v) is 4.99. The Bertz CT molecular complexity index is 416. The number of benzene rings is 1. The molecule has 98 valence electrons. The molecule has 6 heteroatoms. The third kappa shape index (κ3) is 3.76. The number of morpholine rings is 1. The molecule has 0 aromatic heterocycles. The van der Waals surface area contributed by atoms with Crippen molar-refractivity contribution in [2.45, 2.75) is 12.6 Å². The zero-order valence-electron chi connectivity index (χ0n) is 9.71. The topological polar surface area (TPSA) is 50.4 Å². The van der Waals surface area contributed by atoms with E-state index in [4.69, 9.17) is 4.74 Å². The lowest BCUT2D eigenvalue weighted by atomic mass is 10.2. The van der Waals surface area contributed by atoms with Gasteiger partial charge in [0.2, 0.25) is 5.91 Å². The number of carbonyl (C=O) groups is 1. The number of hydrogen-bond donors (Lipinski definition) is 2. The molecule has 0 spiro atoms. The molecule has 18 heavy (non-hydrogen) atoms. The fourth-order valence-corrected chi connectivity index (χ4v) is 2.27. The van der Waals surface area contributed by atoms with Crippen LogP contribution in [0.25, 0.3) is 0 Å². The molecule has 2 rings (SSSR count). The van der Waals surface area contributed by atoms with Gasteiger partial charge in [-0.3, -0.25) is 4.79 Å². The summed E-state index contributed by atoms with van der Waals surface area (Å²) in [6, 6.07) is 4.22. The molecule has 1 fully saturated rings. The van der Waals surface area contributed by atoms with Crippen LogP contribution in [-0.2, 0) is 16.1 Å². The number of hydrogen-bond acceptors (Lipinski definition) is 3. The zero-order chi connectivity index (χ0) is 13.0. The molecule has 1 heterocycles. The molecule has 1 atom stereocenters. The molecule has 1 aromatic rings. The van der Waals surface area contributed by atoms with Crippen LogP contribution >= 0.6 is 15.9 Å². The summed E-state index contributed by atoms with van der Waals surface area (Å²) >= 11 is 3.21. The number of nitrogens with one attached hydrogen (secondary N) is 2. The number of amides is 1. The highest BCUT2D eigenvalue weighted by molar-refractivity contribution is 9.10. The monoisotopic (exact) mass is 316 g/mol. The molecule has 0 saturated carbocycles. The molecule has 1 aliphatic heterocycles.